The molecule has 2 rings (SSSR count). The molecule has 1 aromatic rings. The van der Waals surface area contributed by atoms with E-state index in [1.165, 1.54) is 0 Å². The summed E-state index contributed by atoms with van der Waals surface area (Å²) < 4.78 is 0. The number of nitrogens with zero attached hydrogens (tertiary/aromatic N) is 1. The third-order valence-corrected chi connectivity index (χ3v) is 3.08. The number of amides is 1. The molecular formula is C12H14ClNO2. The van der Waals surface area contributed by atoms with E-state index in [1.54, 1.807) is 17.9 Å². The van der Waals surface area contributed by atoms with Crippen molar-refractivity contribution in [3.63, 3.8) is 0 Å². The van der Waals surface area contributed by atoms with Crippen LogP contribution in [0, 0.1) is 0 Å². The molecule has 3 nitrogen and oxygen atoms in total. The van der Waals surface area contributed by atoms with Gasteiger partial charge in [-0.3, -0.25) is 4.79 Å². The highest BCUT2D eigenvalue weighted by molar-refractivity contribution is 6.31. The van der Waals surface area contributed by atoms with Crippen molar-refractivity contribution in [3.8, 4) is 0 Å². The molecule has 86 valence electrons. The summed E-state index contributed by atoms with van der Waals surface area (Å²) >= 11 is 5.97. The van der Waals surface area contributed by atoms with Crippen LogP contribution in [0.1, 0.15) is 12.5 Å². The van der Waals surface area contributed by atoms with E-state index in [0.29, 0.717) is 24.5 Å². The fourth-order valence-corrected chi connectivity index (χ4v) is 2.07. The lowest BCUT2D eigenvalue weighted by molar-refractivity contribution is -0.151. The molecule has 0 aromatic heterocycles. The molecule has 1 amide bonds. The van der Waals surface area contributed by atoms with Crippen molar-refractivity contribution in [3.05, 3.63) is 34.9 Å². The quantitative estimate of drug-likeness (QED) is 0.849. The van der Waals surface area contributed by atoms with Crippen molar-refractivity contribution in [2.45, 2.75) is 18.9 Å². The summed E-state index contributed by atoms with van der Waals surface area (Å²) in [4.78, 5) is 13.4. The number of hydrogen-bond acceptors (Lipinski definition) is 2. The Labute approximate surface area is 99.6 Å². The number of likely N-dealkylation sites (tertiary alicyclic amines) is 1. The molecule has 0 radical (unpaired) electrons. The third kappa shape index (κ3) is 2.36. The van der Waals surface area contributed by atoms with Gasteiger partial charge in [0.25, 0.3) is 0 Å². The predicted molar refractivity (Wildman–Crippen MR) is 62.4 cm³/mol. The Hall–Kier alpha value is -1.06. The van der Waals surface area contributed by atoms with Crippen molar-refractivity contribution in [1.29, 1.82) is 0 Å². The second kappa shape index (κ2) is 4.07. The Bertz CT molecular complexity index is 409. The molecule has 0 aliphatic carbocycles. The van der Waals surface area contributed by atoms with Crippen LogP contribution in [0.4, 0.5) is 0 Å². The van der Waals surface area contributed by atoms with Crippen molar-refractivity contribution in [2.75, 3.05) is 13.1 Å². The first kappa shape index (κ1) is 11.4. The molecule has 1 saturated heterocycles. The minimum absolute atomic E-state index is 0.0135. The number of carbonyl (C=O) groups is 1. The van der Waals surface area contributed by atoms with Crippen molar-refractivity contribution >= 4 is 17.5 Å². The molecular weight excluding hydrogens is 226 g/mol. The van der Waals surface area contributed by atoms with E-state index in [2.05, 4.69) is 0 Å². The number of halogens is 1. The first-order valence-corrected chi connectivity index (χ1v) is 5.59. The fourth-order valence-electron chi connectivity index (χ4n) is 1.87. The van der Waals surface area contributed by atoms with Gasteiger partial charge in [-0.25, -0.2) is 0 Å². The highest BCUT2D eigenvalue weighted by atomic mass is 35.5. The molecule has 1 fully saturated rings. The SMILES string of the molecule is CC1(O)CN(C(=O)Cc2ccccc2Cl)C1. The first-order chi connectivity index (χ1) is 7.48. The number of rotatable bonds is 2. The van der Waals surface area contributed by atoms with Gasteiger partial charge in [0.2, 0.25) is 5.91 Å². The molecule has 1 heterocycles. The number of benzene rings is 1. The van der Waals surface area contributed by atoms with E-state index < -0.39 is 5.60 Å². The molecule has 1 aliphatic rings. The van der Waals surface area contributed by atoms with Crippen LogP contribution in [-0.4, -0.2) is 34.6 Å². The van der Waals surface area contributed by atoms with Gasteiger partial charge in [-0.15, -0.1) is 0 Å². The Kier molecular flexibility index (Phi) is 2.91. The van der Waals surface area contributed by atoms with Crippen molar-refractivity contribution in [1.82, 2.24) is 4.90 Å². The van der Waals surface area contributed by atoms with Crippen molar-refractivity contribution < 1.29 is 9.90 Å². The normalized spacial score (nSPS) is 18.1. The predicted octanol–water partition coefficient (Wildman–Crippen LogP) is 1.48. The number of β-amino-alcohol motifs (C(OH)–C–C–N with tert-alkyl or cyclic N) is 1. The van der Waals surface area contributed by atoms with Gasteiger partial charge >= 0.3 is 0 Å². The van der Waals surface area contributed by atoms with Crippen LogP contribution < -0.4 is 0 Å². The van der Waals surface area contributed by atoms with Crippen LogP contribution in [0.25, 0.3) is 0 Å². The molecule has 16 heavy (non-hydrogen) atoms. The standard InChI is InChI=1S/C12H14ClNO2/c1-12(16)7-14(8-12)11(15)6-9-4-2-3-5-10(9)13/h2-5,16H,6-8H2,1H3. The zero-order valence-electron chi connectivity index (χ0n) is 9.11. The van der Waals surface area contributed by atoms with Gasteiger partial charge in [-0.05, 0) is 18.6 Å². The molecule has 0 spiro atoms. The summed E-state index contributed by atoms with van der Waals surface area (Å²) in [6, 6.07) is 7.32. The molecule has 0 atom stereocenters. The molecule has 1 aliphatic heterocycles. The van der Waals surface area contributed by atoms with Gasteiger partial charge < -0.3 is 10.0 Å². The molecule has 0 bridgehead atoms. The molecule has 1 aromatic carbocycles. The second-order valence-electron chi connectivity index (χ2n) is 4.51. The Morgan fingerprint density at radius 3 is 2.69 bits per heavy atom. The molecule has 1 N–H and O–H groups in total. The van der Waals surface area contributed by atoms with Gasteiger partial charge in [0.05, 0.1) is 25.1 Å². The lowest BCUT2D eigenvalue weighted by Crippen LogP contribution is -2.62. The Balaban J connectivity index is 1.96. The van der Waals surface area contributed by atoms with E-state index in [9.17, 15) is 9.90 Å². The monoisotopic (exact) mass is 239 g/mol. The van der Waals surface area contributed by atoms with Crippen LogP contribution in [0.15, 0.2) is 24.3 Å². The third-order valence-electron chi connectivity index (χ3n) is 2.72. The maximum Gasteiger partial charge on any atom is 0.227 e. The van der Waals surface area contributed by atoms with Gasteiger partial charge in [-0.1, -0.05) is 29.8 Å². The second-order valence-corrected chi connectivity index (χ2v) is 4.92. The molecule has 0 unspecified atom stereocenters. The largest absolute Gasteiger partial charge is 0.386 e. The summed E-state index contributed by atoms with van der Waals surface area (Å²) in [5.74, 6) is 0.0135. The first-order valence-electron chi connectivity index (χ1n) is 5.21. The average Bonchev–Trinajstić information content (AvgIpc) is 2.17. The summed E-state index contributed by atoms with van der Waals surface area (Å²) in [5, 5.41) is 10.1. The molecule has 4 heteroatoms. The van der Waals surface area contributed by atoms with E-state index in [1.807, 2.05) is 18.2 Å². The highest BCUT2D eigenvalue weighted by Crippen LogP contribution is 2.22. The number of aliphatic hydroxyl groups is 1. The minimum atomic E-state index is -0.712. The topological polar surface area (TPSA) is 40.5 Å². The Morgan fingerprint density at radius 2 is 2.12 bits per heavy atom. The Morgan fingerprint density at radius 1 is 1.50 bits per heavy atom. The van der Waals surface area contributed by atoms with Crippen LogP contribution in [0.5, 0.6) is 0 Å². The van der Waals surface area contributed by atoms with Gasteiger partial charge in [0, 0.05) is 5.02 Å². The smallest absolute Gasteiger partial charge is 0.227 e. The summed E-state index contributed by atoms with van der Waals surface area (Å²) in [6.07, 6.45) is 0.301. The maximum absolute atomic E-state index is 11.8. The van der Waals surface area contributed by atoms with Crippen molar-refractivity contribution in [2.24, 2.45) is 0 Å². The zero-order chi connectivity index (χ0) is 11.8. The van der Waals surface area contributed by atoms with Gasteiger partial charge in [0.1, 0.15) is 0 Å². The van der Waals surface area contributed by atoms with E-state index in [0.717, 1.165) is 5.56 Å². The average molecular weight is 240 g/mol. The van der Waals surface area contributed by atoms with Gasteiger partial charge in [0.15, 0.2) is 0 Å². The summed E-state index contributed by atoms with van der Waals surface area (Å²) in [7, 11) is 0. The summed E-state index contributed by atoms with van der Waals surface area (Å²) in [5.41, 5.74) is 0.122. The molecule has 0 saturated carbocycles. The van der Waals surface area contributed by atoms with Crippen LogP contribution in [0.3, 0.4) is 0 Å². The van der Waals surface area contributed by atoms with E-state index >= 15 is 0 Å². The van der Waals surface area contributed by atoms with Crippen LogP contribution in [0.2, 0.25) is 5.02 Å². The summed E-state index contributed by atoms with van der Waals surface area (Å²) in [6.45, 7) is 2.55. The number of carbonyl (C=O) groups excluding carboxylic acids is 1. The fraction of sp³-hybridized carbons (Fsp3) is 0.417. The van der Waals surface area contributed by atoms with Crippen LogP contribution in [-0.2, 0) is 11.2 Å². The lowest BCUT2D eigenvalue weighted by atomic mass is 9.96. The maximum atomic E-state index is 11.8. The lowest BCUT2D eigenvalue weighted by Gasteiger charge is -2.44. The van der Waals surface area contributed by atoms with Crippen LogP contribution >= 0.6 is 11.6 Å². The minimum Gasteiger partial charge on any atom is -0.386 e. The highest BCUT2D eigenvalue weighted by Gasteiger charge is 2.39. The zero-order valence-corrected chi connectivity index (χ0v) is 9.87. The number of hydrogen-bond donors (Lipinski definition) is 1. The van der Waals surface area contributed by atoms with E-state index in [4.69, 9.17) is 11.6 Å². The van der Waals surface area contributed by atoms with Gasteiger partial charge in [-0.2, -0.15) is 0 Å². The van der Waals surface area contributed by atoms with E-state index in [-0.39, 0.29) is 5.91 Å².